The average molecular weight is 450 g/mol. The van der Waals surface area contributed by atoms with Gasteiger partial charge in [0.05, 0.1) is 7.11 Å². The highest BCUT2D eigenvalue weighted by atomic mass is 16.5. The number of carbonyl (C=O) groups is 3. The summed E-state index contributed by atoms with van der Waals surface area (Å²) in [7, 11) is 1.63. The van der Waals surface area contributed by atoms with Crippen molar-refractivity contribution >= 4 is 17.8 Å². The topological polar surface area (TPSA) is 87.7 Å². The normalized spacial score (nSPS) is 20.9. The van der Waals surface area contributed by atoms with E-state index in [9.17, 15) is 14.4 Å². The van der Waals surface area contributed by atoms with E-state index >= 15 is 0 Å². The Hall–Kier alpha value is -3.35. The Kier molecular flexibility index (Phi) is 6.96. The van der Waals surface area contributed by atoms with E-state index in [1.165, 1.54) is 0 Å². The third kappa shape index (κ3) is 5.18. The van der Waals surface area contributed by atoms with E-state index in [0.29, 0.717) is 51.6 Å². The lowest BCUT2D eigenvalue weighted by molar-refractivity contribution is -0.133. The van der Waals surface area contributed by atoms with E-state index in [1.54, 1.807) is 7.11 Å². The summed E-state index contributed by atoms with van der Waals surface area (Å²) in [5.74, 6) is 0.661. The lowest BCUT2D eigenvalue weighted by Crippen LogP contribution is -2.56. The Morgan fingerprint density at radius 1 is 1.03 bits per heavy atom. The fourth-order valence-electron chi connectivity index (χ4n) is 5.02. The van der Waals surface area contributed by atoms with Crippen LogP contribution in [0.1, 0.15) is 36.8 Å². The number of hydrogen-bond donors (Lipinski definition) is 2. The van der Waals surface area contributed by atoms with E-state index in [4.69, 9.17) is 4.74 Å². The van der Waals surface area contributed by atoms with Crippen LogP contribution in [0, 0.1) is 5.92 Å². The summed E-state index contributed by atoms with van der Waals surface area (Å²) in [4.78, 5) is 39.6. The SMILES string of the molecule is COc1cccc(CCC(=O)N2CCC(C3(CCc4ccccc4)NC(=O)NC3=O)CC2)c1. The molecule has 2 aliphatic rings. The first kappa shape index (κ1) is 22.8. The molecule has 0 bridgehead atoms. The number of ether oxygens (including phenoxy) is 1. The number of hydrogen-bond acceptors (Lipinski definition) is 4. The maximum atomic E-state index is 12.9. The van der Waals surface area contributed by atoms with Crippen molar-refractivity contribution in [1.29, 1.82) is 0 Å². The van der Waals surface area contributed by atoms with Crippen LogP contribution in [0.2, 0.25) is 0 Å². The number of amides is 4. The molecule has 2 aromatic carbocycles. The first-order chi connectivity index (χ1) is 16.0. The van der Waals surface area contributed by atoms with Gasteiger partial charge in [0.25, 0.3) is 5.91 Å². The second kappa shape index (κ2) is 10.1. The van der Waals surface area contributed by atoms with Gasteiger partial charge in [0.15, 0.2) is 0 Å². The van der Waals surface area contributed by atoms with Crippen LogP contribution in [0.25, 0.3) is 0 Å². The molecule has 0 aromatic heterocycles. The Labute approximate surface area is 194 Å². The highest BCUT2D eigenvalue weighted by Crippen LogP contribution is 2.35. The second-order valence-electron chi connectivity index (χ2n) is 8.87. The molecule has 33 heavy (non-hydrogen) atoms. The predicted octanol–water partition coefficient (Wildman–Crippen LogP) is 3.08. The number of urea groups is 1. The Bertz CT molecular complexity index is 1000. The highest BCUT2D eigenvalue weighted by molar-refractivity contribution is 6.07. The van der Waals surface area contributed by atoms with E-state index < -0.39 is 11.6 Å². The molecule has 2 heterocycles. The molecule has 4 amide bonds. The summed E-state index contributed by atoms with van der Waals surface area (Å²) in [5.41, 5.74) is 1.29. The van der Waals surface area contributed by atoms with Crippen LogP contribution in [0.5, 0.6) is 5.75 Å². The number of carbonyl (C=O) groups excluding carboxylic acids is 3. The lowest BCUT2D eigenvalue weighted by atomic mass is 9.74. The van der Waals surface area contributed by atoms with Gasteiger partial charge >= 0.3 is 6.03 Å². The van der Waals surface area contributed by atoms with Crippen LogP contribution in [0.3, 0.4) is 0 Å². The summed E-state index contributed by atoms with van der Waals surface area (Å²) in [6.07, 6.45) is 3.72. The predicted molar refractivity (Wildman–Crippen MR) is 125 cm³/mol. The van der Waals surface area contributed by atoms with Crippen molar-refractivity contribution in [2.75, 3.05) is 20.2 Å². The average Bonchev–Trinajstić information content (AvgIpc) is 3.15. The second-order valence-corrected chi connectivity index (χ2v) is 8.87. The zero-order valence-electron chi connectivity index (χ0n) is 19.0. The van der Waals surface area contributed by atoms with Gasteiger partial charge in [0, 0.05) is 19.5 Å². The van der Waals surface area contributed by atoms with Gasteiger partial charge in [-0.25, -0.2) is 4.79 Å². The van der Waals surface area contributed by atoms with Gasteiger partial charge < -0.3 is 15.0 Å². The minimum Gasteiger partial charge on any atom is -0.497 e. The van der Waals surface area contributed by atoms with Crippen LogP contribution >= 0.6 is 0 Å². The zero-order chi connectivity index (χ0) is 23.3. The third-order valence-electron chi connectivity index (χ3n) is 6.93. The summed E-state index contributed by atoms with van der Waals surface area (Å²) in [5, 5.41) is 5.39. The minimum absolute atomic E-state index is 0.00454. The van der Waals surface area contributed by atoms with Gasteiger partial charge in [-0.05, 0) is 61.3 Å². The third-order valence-corrected chi connectivity index (χ3v) is 6.93. The summed E-state index contributed by atoms with van der Waals surface area (Å²) < 4.78 is 5.25. The van der Waals surface area contributed by atoms with Crippen LogP contribution in [0.15, 0.2) is 54.6 Å². The molecule has 2 aliphatic heterocycles. The fourth-order valence-corrected chi connectivity index (χ4v) is 5.02. The van der Waals surface area contributed by atoms with E-state index in [0.717, 1.165) is 16.9 Å². The van der Waals surface area contributed by atoms with Gasteiger partial charge in [0.1, 0.15) is 11.3 Å². The number of benzene rings is 2. The van der Waals surface area contributed by atoms with E-state index in [2.05, 4.69) is 10.6 Å². The van der Waals surface area contributed by atoms with Crippen molar-refractivity contribution in [3.63, 3.8) is 0 Å². The summed E-state index contributed by atoms with van der Waals surface area (Å²) >= 11 is 0. The van der Waals surface area contributed by atoms with Gasteiger partial charge in [0.2, 0.25) is 5.91 Å². The molecular weight excluding hydrogens is 418 g/mol. The molecule has 0 spiro atoms. The number of rotatable bonds is 8. The number of aryl methyl sites for hydroxylation is 2. The van der Waals surface area contributed by atoms with E-state index in [1.807, 2.05) is 59.5 Å². The molecule has 0 aliphatic carbocycles. The van der Waals surface area contributed by atoms with Crippen LogP contribution in [-0.4, -0.2) is 48.5 Å². The van der Waals surface area contributed by atoms with Crippen LogP contribution < -0.4 is 15.4 Å². The number of methoxy groups -OCH3 is 1. The molecule has 2 aromatic rings. The van der Waals surface area contributed by atoms with Gasteiger partial charge in [-0.1, -0.05) is 42.5 Å². The van der Waals surface area contributed by atoms with E-state index in [-0.39, 0.29) is 17.7 Å². The monoisotopic (exact) mass is 449 g/mol. The van der Waals surface area contributed by atoms with Crippen molar-refractivity contribution in [1.82, 2.24) is 15.5 Å². The lowest BCUT2D eigenvalue weighted by Gasteiger charge is -2.40. The molecule has 174 valence electrons. The first-order valence-corrected chi connectivity index (χ1v) is 11.6. The first-order valence-electron chi connectivity index (χ1n) is 11.6. The van der Waals surface area contributed by atoms with Crippen molar-refractivity contribution in [2.45, 2.75) is 44.1 Å². The fraction of sp³-hybridized carbons (Fsp3) is 0.423. The molecular formula is C26H31N3O4. The highest BCUT2D eigenvalue weighted by Gasteiger charge is 2.51. The minimum atomic E-state index is -0.914. The van der Waals surface area contributed by atoms with Crippen molar-refractivity contribution < 1.29 is 19.1 Å². The molecule has 2 saturated heterocycles. The molecule has 7 nitrogen and oxygen atoms in total. The molecule has 1 unspecified atom stereocenters. The quantitative estimate of drug-likeness (QED) is 0.607. The maximum absolute atomic E-state index is 12.9. The van der Waals surface area contributed by atoms with Crippen molar-refractivity contribution in [2.24, 2.45) is 5.92 Å². The molecule has 0 radical (unpaired) electrons. The smallest absolute Gasteiger partial charge is 0.322 e. The number of nitrogens with one attached hydrogen (secondary N) is 2. The molecule has 0 saturated carbocycles. The summed E-state index contributed by atoms with van der Waals surface area (Å²) in [6, 6.07) is 17.3. The zero-order valence-corrected chi connectivity index (χ0v) is 19.0. The Morgan fingerprint density at radius 2 is 1.76 bits per heavy atom. The van der Waals surface area contributed by atoms with Crippen LogP contribution in [0.4, 0.5) is 4.79 Å². The number of imide groups is 1. The molecule has 1 atom stereocenters. The van der Waals surface area contributed by atoms with Crippen molar-refractivity contribution in [3.05, 3.63) is 65.7 Å². The molecule has 7 heteroatoms. The molecule has 2 fully saturated rings. The van der Waals surface area contributed by atoms with Gasteiger partial charge in [-0.15, -0.1) is 0 Å². The van der Waals surface area contributed by atoms with Gasteiger partial charge in [-0.3, -0.25) is 14.9 Å². The molecule has 4 rings (SSSR count). The standard InChI is InChI=1S/C26H31N3O4/c1-33-22-9-5-8-20(18-22)10-11-23(30)29-16-13-21(14-17-29)26(24(31)27-25(32)28-26)15-12-19-6-3-2-4-7-19/h2-9,18,21H,10-17H2,1H3,(H2,27,28,31,32). The Morgan fingerprint density at radius 3 is 2.42 bits per heavy atom. The molecule has 2 N–H and O–H groups in total. The van der Waals surface area contributed by atoms with Crippen LogP contribution in [-0.2, 0) is 22.4 Å². The van der Waals surface area contributed by atoms with Gasteiger partial charge in [-0.2, -0.15) is 0 Å². The number of nitrogens with zero attached hydrogens (tertiary/aromatic N) is 1. The van der Waals surface area contributed by atoms with Crippen molar-refractivity contribution in [3.8, 4) is 5.75 Å². The number of piperidine rings is 1. The summed E-state index contributed by atoms with van der Waals surface area (Å²) in [6.45, 7) is 1.19. The maximum Gasteiger partial charge on any atom is 0.322 e. The number of likely N-dealkylation sites (tertiary alicyclic amines) is 1. The largest absolute Gasteiger partial charge is 0.497 e. The Balaban J connectivity index is 1.35.